The van der Waals surface area contributed by atoms with Gasteiger partial charge in [-0.1, -0.05) is 36.4 Å². The third-order valence-corrected chi connectivity index (χ3v) is 4.48. The van der Waals surface area contributed by atoms with Crippen molar-refractivity contribution < 1.29 is 9.18 Å². The van der Waals surface area contributed by atoms with Gasteiger partial charge in [-0.2, -0.15) is 0 Å². The van der Waals surface area contributed by atoms with Crippen molar-refractivity contribution >= 4 is 17.4 Å². The molecule has 4 nitrogen and oxygen atoms in total. The van der Waals surface area contributed by atoms with Crippen LogP contribution in [0.15, 0.2) is 72.9 Å². The van der Waals surface area contributed by atoms with E-state index >= 15 is 0 Å². The van der Waals surface area contributed by atoms with Crippen molar-refractivity contribution in [2.75, 3.05) is 22.9 Å². The zero-order valence-corrected chi connectivity index (χ0v) is 14.2. The first kappa shape index (κ1) is 16.3. The number of anilines is 2. The van der Waals surface area contributed by atoms with Crippen LogP contribution in [0.1, 0.15) is 15.9 Å². The summed E-state index contributed by atoms with van der Waals surface area (Å²) in [6, 6.07) is 19.7. The molecule has 1 aliphatic heterocycles. The minimum Gasteiger partial charge on any atom is -0.349 e. The van der Waals surface area contributed by atoms with Crippen LogP contribution in [-0.4, -0.2) is 24.0 Å². The number of hydrogen-bond donors (Lipinski definition) is 0. The van der Waals surface area contributed by atoms with Crippen LogP contribution in [0.5, 0.6) is 0 Å². The second kappa shape index (κ2) is 6.96. The van der Waals surface area contributed by atoms with E-state index in [1.165, 1.54) is 17.7 Å². The molecule has 130 valence electrons. The number of aromatic nitrogens is 1. The van der Waals surface area contributed by atoms with Crippen LogP contribution in [-0.2, 0) is 6.54 Å². The summed E-state index contributed by atoms with van der Waals surface area (Å²) >= 11 is 0. The molecule has 4 rings (SSSR count). The second-order valence-corrected chi connectivity index (χ2v) is 6.22. The van der Waals surface area contributed by atoms with Gasteiger partial charge in [0.1, 0.15) is 5.82 Å². The fourth-order valence-electron chi connectivity index (χ4n) is 3.24. The normalized spacial score (nSPS) is 13.4. The van der Waals surface area contributed by atoms with E-state index in [1.54, 1.807) is 23.2 Å². The van der Waals surface area contributed by atoms with E-state index in [0.29, 0.717) is 18.7 Å². The summed E-state index contributed by atoms with van der Waals surface area (Å²) in [6.45, 7) is 1.92. The number of benzene rings is 2. The molecule has 3 aromatic rings. The molecule has 0 unspecified atom stereocenters. The molecule has 1 aliphatic rings. The summed E-state index contributed by atoms with van der Waals surface area (Å²) < 4.78 is 13.5. The summed E-state index contributed by atoms with van der Waals surface area (Å²) in [4.78, 5) is 21.2. The van der Waals surface area contributed by atoms with Crippen LogP contribution in [0.25, 0.3) is 0 Å². The summed E-state index contributed by atoms with van der Waals surface area (Å²) in [5.74, 6) is 0.149. The second-order valence-electron chi connectivity index (χ2n) is 6.22. The van der Waals surface area contributed by atoms with Gasteiger partial charge in [0.05, 0.1) is 5.69 Å². The number of carbonyl (C=O) groups excluding carboxylic acids is 1. The molecular weight excluding hydrogens is 329 g/mol. The largest absolute Gasteiger partial charge is 0.349 e. The SMILES string of the molecule is O=C(c1cccc(F)c1)N1CCN(Cc2ccccc2)c2ncccc21. The third-order valence-electron chi connectivity index (χ3n) is 4.48. The Hall–Kier alpha value is -3.21. The maximum Gasteiger partial charge on any atom is 0.258 e. The van der Waals surface area contributed by atoms with Crippen molar-refractivity contribution in [3.05, 3.63) is 89.9 Å². The zero-order chi connectivity index (χ0) is 17.9. The predicted octanol–water partition coefficient (Wildman–Crippen LogP) is 3.89. The lowest BCUT2D eigenvalue weighted by Gasteiger charge is -2.36. The van der Waals surface area contributed by atoms with Gasteiger partial charge in [-0.15, -0.1) is 0 Å². The van der Waals surface area contributed by atoms with E-state index < -0.39 is 5.82 Å². The number of rotatable bonds is 3. The lowest BCUT2D eigenvalue weighted by Crippen LogP contribution is -2.44. The van der Waals surface area contributed by atoms with Crippen LogP contribution in [0.4, 0.5) is 15.9 Å². The van der Waals surface area contributed by atoms with E-state index in [4.69, 9.17) is 0 Å². The molecular formula is C21H18FN3O. The van der Waals surface area contributed by atoms with Crippen LogP contribution < -0.4 is 9.80 Å². The molecule has 0 radical (unpaired) electrons. The van der Waals surface area contributed by atoms with Gasteiger partial charge < -0.3 is 9.80 Å². The van der Waals surface area contributed by atoms with Crippen molar-refractivity contribution in [2.45, 2.75) is 6.54 Å². The Bertz CT molecular complexity index is 929. The number of pyridine rings is 1. The lowest BCUT2D eigenvalue weighted by atomic mass is 10.1. The number of fused-ring (bicyclic) bond motifs is 1. The number of carbonyl (C=O) groups is 1. The van der Waals surface area contributed by atoms with E-state index in [9.17, 15) is 9.18 Å². The summed E-state index contributed by atoms with van der Waals surface area (Å²) in [5, 5.41) is 0. The van der Waals surface area contributed by atoms with Gasteiger partial charge in [-0.3, -0.25) is 4.79 Å². The standard InChI is InChI=1S/C21H18FN3O/c22-18-9-4-8-17(14-18)21(26)25-13-12-24(15-16-6-2-1-3-7-16)20-19(25)10-5-11-23-20/h1-11,14H,12-13,15H2. The molecule has 1 aromatic heterocycles. The van der Waals surface area contributed by atoms with Gasteiger partial charge in [-0.05, 0) is 35.9 Å². The van der Waals surface area contributed by atoms with E-state index in [2.05, 4.69) is 22.0 Å². The molecule has 0 fully saturated rings. The van der Waals surface area contributed by atoms with Crippen LogP contribution in [0, 0.1) is 5.82 Å². The van der Waals surface area contributed by atoms with Crippen LogP contribution in [0.3, 0.4) is 0 Å². The molecule has 0 atom stereocenters. The average molecular weight is 347 g/mol. The summed E-state index contributed by atoms with van der Waals surface area (Å²) in [5.41, 5.74) is 2.29. The van der Waals surface area contributed by atoms with Gasteiger partial charge in [0.15, 0.2) is 5.82 Å². The zero-order valence-electron chi connectivity index (χ0n) is 14.2. The molecule has 1 amide bonds. The van der Waals surface area contributed by atoms with Gasteiger partial charge in [0, 0.05) is 31.4 Å². The number of amides is 1. The molecule has 2 heterocycles. The highest BCUT2D eigenvalue weighted by molar-refractivity contribution is 6.08. The number of halogens is 1. The van der Waals surface area contributed by atoms with Crippen molar-refractivity contribution in [3.8, 4) is 0 Å². The van der Waals surface area contributed by atoms with Gasteiger partial charge in [0.2, 0.25) is 0 Å². The Morgan fingerprint density at radius 1 is 1.00 bits per heavy atom. The van der Waals surface area contributed by atoms with Crippen molar-refractivity contribution in [3.63, 3.8) is 0 Å². The number of nitrogens with zero attached hydrogens (tertiary/aromatic N) is 3. The maximum absolute atomic E-state index is 13.5. The molecule has 0 spiro atoms. The first-order valence-electron chi connectivity index (χ1n) is 8.54. The molecule has 5 heteroatoms. The fraction of sp³-hybridized carbons (Fsp3) is 0.143. The van der Waals surface area contributed by atoms with Gasteiger partial charge >= 0.3 is 0 Å². The molecule has 0 bridgehead atoms. The Morgan fingerprint density at radius 3 is 2.65 bits per heavy atom. The summed E-state index contributed by atoms with van der Waals surface area (Å²) in [6.07, 6.45) is 1.73. The van der Waals surface area contributed by atoms with E-state index in [1.807, 2.05) is 30.3 Å². The van der Waals surface area contributed by atoms with E-state index in [-0.39, 0.29) is 5.91 Å². The monoisotopic (exact) mass is 347 g/mol. The van der Waals surface area contributed by atoms with Crippen molar-refractivity contribution in [2.24, 2.45) is 0 Å². The number of hydrogen-bond acceptors (Lipinski definition) is 3. The van der Waals surface area contributed by atoms with Crippen molar-refractivity contribution in [1.29, 1.82) is 0 Å². The highest BCUT2D eigenvalue weighted by Gasteiger charge is 2.28. The Balaban J connectivity index is 1.64. The molecule has 26 heavy (non-hydrogen) atoms. The Kier molecular flexibility index (Phi) is 4.35. The maximum atomic E-state index is 13.5. The minimum atomic E-state index is -0.412. The fourth-order valence-corrected chi connectivity index (χ4v) is 3.24. The highest BCUT2D eigenvalue weighted by atomic mass is 19.1. The lowest BCUT2D eigenvalue weighted by molar-refractivity contribution is 0.0986. The van der Waals surface area contributed by atoms with E-state index in [0.717, 1.165) is 18.1 Å². The minimum absolute atomic E-state index is 0.210. The quantitative estimate of drug-likeness (QED) is 0.721. The predicted molar refractivity (Wildman–Crippen MR) is 99.8 cm³/mol. The highest BCUT2D eigenvalue weighted by Crippen LogP contribution is 2.32. The third kappa shape index (κ3) is 3.16. The Morgan fingerprint density at radius 2 is 1.85 bits per heavy atom. The van der Waals surface area contributed by atoms with Crippen LogP contribution in [0.2, 0.25) is 0 Å². The molecule has 0 saturated heterocycles. The summed E-state index contributed by atoms with van der Waals surface area (Å²) in [7, 11) is 0. The molecule has 0 aliphatic carbocycles. The average Bonchev–Trinajstić information content (AvgIpc) is 2.68. The Labute approximate surface area is 151 Å². The first-order valence-corrected chi connectivity index (χ1v) is 8.54. The van der Waals surface area contributed by atoms with Gasteiger partial charge in [0.25, 0.3) is 5.91 Å². The first-order chi connectivity index (χ1) is 12.7. The van der Waals surface area contributed by atoms with Crippen LogP contribution >= 0.6 is 0 Å². The molecule has 0 N–H and O–H groups in total. The molecule has 2 aromatic carbocycles. The topological polar surface area (TPSA) is 36.4 Å². The van der Waals surface area contributed by atoms with Gasteiger partial charge in [-0.25, -0.2) is 9.37 Å². The molecule has 0 saturated carbocycles. The smallest absolute Gasteiger partial charge is 0.258 e. The van der Waals surface area contributed by atoms with Crippen molar-refractivity contribution in [1.82, 2.24) is 4.98 Å².